The van der Waals surface area contributed by atoms with Gasteiger partial charge >= 0.3 is 0 Å². The van der Waals surface area contributed by atoms with Crippen molar-refractivity contribution in [2.75, 3.05) is 0 Å². The van der Waals surface area contributed by atoms with Gasteiger partial charge in [-0.25, -0.2) is 0 Å². The molecule has 0 saturated carbocycles. The Kier molecular flexibility index (Phi) is 8.64. The van der Waals surface area contributed by atoms with Crippen molar-refractivity contribution in [3.63, 3.8) is 0 Å². The minimum atomic E-state index is 0.245. The summed E-state index contributed by atoms with van der Waals surface area (Å²) in [5.74, 6) is 0.245. The van der Waals surface area contributed by atoms with Gasteiger partial charge in [-0.2, -0.15) is 0 Å². The van der Waals surface area contributed by atoms with Crippen LogP contribution < -0.4 is 0 Å². The Morgan fingerprint density at radius 3 is 2.54 bits per heavy atom. The highest BCUT2D eigenvalue weighted by Gasteiger charge is 1.94. The molecular weight excluding hydrogens is 160 g/mol. The van der Waals surface area contributed by atoms with Gasteiger partial charge in [0.25, 0.3) is 0 Å². The van der Waals surface area contributed by atoms with Crippen molar-refractivity contribution in [3.8, 4) is 0 Å². The molecule has 0 aromatic rings. The molecule has 1 nitrogen and oxygen atoms in total. The van der Waals surface area contributed by atoms with Crippen LogP contribution in [0.2, 0.25) is 0 Å². The second-order valence-corrected chi connectivity index (χ2v) is 3.16. The summed E-state index contributed by atoms with van der Waals surface area (Å²) in [6.07, 6.45) is 12.6. The SMILES string of the molecule is C/C=C/C=C/C(=O)CCCCCC. The second-order valence-electron chi connectivity index (χ2n) is 3.16. The molecule has 0 aromatic heterocycles. The van der Waals surface area contributed by atoms with Crippen LogP contribution in [0.4, 0.5) is 0 Å². The molecular formula is C12H20O. The van der Waals surface area contributed by atoms with E-state index < -0.39 is 0 Å². The number of allylic oxidation sites excluding steroid dienone is 4. The number of rotatable bonds is 7. The lowest BCUT2D eigenvalue weighted by atomic mass is 10.1. The van der Waals surface area contributed by atoms with Gasteiger partial charge in [-0.1, -0.05) is 44.4 Å². The number of carbonyl (C=O) groups is 1. The minimum Gasteiger partial charge on any atom is -0.295 e. The monoisotopic (exact) mass is 180 g/mol. The first-order chi connectivity index (χ1) is 6.31. The Bertz CT molecular complexity index is 178. The van der Waals surface area contributed by atoms with Gasteiger partial charge < -0.3 is 0 Å². The maximum Gasteiger partial charge on any atom is 0.155 e. The molecule has 0 spiro atoms. The Hall–Kier alpha value is -0.850. The number of ketones is 1. The highest BCUT2D eigenvalue weighted by Crippen LogP contribution is 2.03. The van der Waals surface area contributed by atoms with Gasteiger partial charge in [0.15, 0.2) is 5.78 Å². The predicted octanol–water partition coefficient (Wildman–Crippen LogP) is 3.66. The zero-order valence-electron chi connectivity index (χ0n) is 8.75. The standard InChI is InChI=1S/C12H20O/c1-3-5-7-9-11-12(13)10-8-6-4-2/h4,6,8,10H,3,5,7,9,11H2,1-2H3/b6-4+,10-8+. The summed E-state index contributed by atoms with van der Waals surface area (Å²) in [5.41, 5.74) is 0. The van der Waals surface area contributed by atoms with Crippen LogP contribution in [0.5, 0.6) is 0 Å². The number of unbranched alkanes of at least 4 members (excludes halogenated alkanes) is 3. The molecule has 0 aliphatic carbocycles. The highest BCUT2D eigenvalue weighted by molar-refractivity contribution is 5.89. The van der Waals surface area contributed by atoms with Gasteiger partial charge in [0.1, 0.15) is 0 Å². The Morgan fingerprint density at radius 1 is 1.15 bits per heavy atom. The normalized spacial score (nSPS) is 11.5. The zero-order valence-corrected chi connectivity index (χ0v) is 8.75. The first-order valence-electron chi connectivity index (χ1n) is 5.13. The van der Waals surface area contributed by atoms with Crippen LogP contribution in [0.15, 0.2) is 24.3 Å². The predicted molar refractivity (Wildman–Crippen MR) is 57.7 cm³/mol. The first-order valence-corrected chi connectivity index (χ1v) is 5.13. The largest absolute Gasteiger partial charge is 0.295 e. The van der Waals surface area contributed by atoms with Crippen LogP contribution in [0.3, 0.4) is 0 Å². The van der Waals surface area contributed by atoms with Gasteiger partial charge in [-0.15, -0.1) is 0 Å². The lowest BCUT2D eigenvalue weighted by Gasteiger charge is -1.94. The molecule has 0 rings (SSSR count). The van der Waals surface area contributed by atoms with Crippen molar-refractivity contribution in [2.45, 2.75) is 46.0 Å². The third-order valence-corrected chi connectivity index (χ3v) is 1.86. The molecule has 0 aromatic carbocycles. The smallest absolute Gasteiger partial charge is 0.155 e. The average molecular weight is 180 g/mol. The number of hydrogen-bond donors (Lipinski definition) is 0. The molecule has 1 heteroatoms. The van der Waals surface area contributed by atoms with Crippen molar-refractivity contribution in [1.82, 2.24) is 0 Å². The average Bonchev–Trinajstić information content (AvgIpc) is 2.13. The van der Waals surface area contributed by atoms with Crippen molar-refractivity contribution >= 4 is 5.78 Å². The Balaban J connectivity index is 3.40. The lowest BCUT2D eigenvalue weighted by molar-refractivity contribution is -0.114. The van der Waals surface area contributed by atoms with Gasteiger partial charge in [0.2, 0.25) is 0 Å². The molecule has 13 heavy (non-hydrogen) atoms. The van der Waals surface area contributed by atoms with E-state index in [1.807, 2.05) is 25.2 Å². The van der Waals surface area contributed by atoms with E-state index in [2.05, 4.69) is 6.92 Å². The van der Waals surface area contributed by atoms with E-state index in [0.29, 0.717) is 6.42 Å². The molecule has 0 N–H and O–H groups in total. The van der Waals surface area contributed by atoms with Gasteiger partial charge in [0.05, 0.1) is 0 Å². The van der Waals surface area contributed by atoms with E-state index in [1.165, 1.54) is 19.3 Å². The Morgan fingerprint density at radius 2 is 1.92 bits per heavy atom. The molecule has 0 aliphatic heterocycles. The summed E-state index contributed by atoms with van der Waals surface area (Å²) in [7, 11) is 0. The van der Waals surface area contributed by atoms with Crippen LogP contribution in [0.25, 0.3) is 0 Å². The molecule has 0 heterocycles. The summed E-state index contributed by atoms with van der Waals surface area (Å²) in [6.45, 7) is 4.11. The molecule has 0 aliphatic rings. The van der Waals surface area contributed by atoms with Crippen LogP contribution in [-0.4, -0.2) is 5.78 Å². The van der Waals surface area contributed by atoms with Gasteiger partial charge in [0, 0.05) is 6.42 Å². The fourth-order valence-corrected chi connectivity index (χ4v) is 1.08. The van der Waals surface area contributed by atoms with Crippen LogP contribution in [-0.2, 0) is 4.79 Å². The van der Waals surface area contributed by atoms with E-state index in [-0.39, 0.29) is 5.78 Å². The van der Waals surface area contributed by atoms with Crippen molar-refractivity contribution < 1.29 is 4.79 Å². The molecule has 0 fully saturated rings. The van der Waals surface area contributed by atoms with Gasteiger partial charge in [-0.05, 0) is 19.4 Å². The fourth-order valence-electron chi connectivity index (χ4n) is 1.08. The maximum absolute atomic E-state index is 11.2. The van der Waals surface area contributed by atoms with E-state index in [9.17, 15) is 4.79 Å². The van der Waals surface area contributed by atoms with E-state index in [1.54, 1.807) is 6.08 Å². The van der Waals surface area contributed by atoms with Crippen LogP contribution in [0, 0.1) is 0 Å². The van der Waals surface area contributed by atoms with E-state index >= 15 is 0 Å². The Labute approximate surface area is 81.5 Å². The van der Waals surface area contributed by atoms with Gasteiger partial charge in [-0.3, -0.25) is 4.79 Å². The summed E-state index contributed by atoms with van der Waals surface area (Å²) < 4.78 is 0. The highest BCUT2D eigenvalue weighted by atomic mass is 16.1. The first kappa shape index (κ1) is 12.2. The van der Waals surface area contributed by atoms with Crippen LogP contribution in [0.1, 0.15) is 46.0 Å². The summed E-state index contributed by atoms with van der Waals surface area (Å²) in [4.78, 5) is 11.2. The molecule has 0 atom stereocenters. The zero-order chi connectivity index (χ0) is 9.94. The van der Waals surface area contributed by atoms with Crippen molar-refractivity contribution in [3.05, 3.63) is 24.3 Å². The van der Waals surface area contributed by atoms with Crippen LogP contribution >= 0.6 is 0 Å². The topological polar surface area (TPSA) is 17.1 Å². The third kappa shape index (κ3) is 9.06. The van der Waals surface area contributed by atoms with Crippen molar-refractivity contribution in [1.29, 1.82) is 0 Å². The summed E-state index contributed by atoms with van der Waals surface area (Å²) in [5, 5.41) is 0. The fraction of sp³-hybridized carbons (Fsp3) is 0.583. The molecule has 0 saturated heterocycles. The van der Waals surface area contributed by atoms with E-state index in [4.69, 9.17) is 0 Å². The molecule has 74 valence electrons. The van der Waals surface area contributed by atoms with Crippen molar-refractivity contribution in [2.24, 2.45) is 0 Å². The quantitative estimate of drug-likeness (QED) is 0.332. The molecule has 0 unspecified atom stereocenters. The lowest BCUT2D eigenvalue weighted by Crippen LogP contribution is -1.91. The number of hydrogen-bond acceptors (Lipinski definition) is 1. The summed E-state index contributed by atoms with van der Waals surface area (Å²) in [6, 6.07) is 0. The molecule has 0 radical (unpaired) electrons. The molecule has 0 amide bonds. The second kappa shape index (κ2) is 9.24. The summed E-state index contributed by atoms with van der Waals surface area (Å²) >= 11 is 0. The van der Waals surface area contributed by atoms with E-state index in [0.717, 1.165) is 6.42 Å². The number of carbonyl (C=O) groups excluding carboxylic acids is 1. The molecule has 0 bridgehead atoms. The minimum absolute atomic E-state index is 0.245. The maximum atomic E-state index is 11.2. The third-order valence-electron chi connectivity index (χ3n) is 1.86.